The molecule has 11 heteroatoms. The lowest BCUT2D eigenvalue weighted by molar-refractivity contribution is -0.119. The van der Waals surface area contributed by atoms with Crippen LogP contribution in [0.3, 0.4) is 0 Å². The molecule has 1 aliphatic rings. The molecule has 2 amide bonds. The van der Waals surface area contributed by atoms with E-state index in [1.54, 1.807) is 36.7 Å². The summed E-state index contributed by atoms with van der Waals surface area (Å²) in [5.74, 6) is -0.321. The van der Waals surface area contributed by atoms with E-state index in [2.05, 4.69) is 26.7 Å². The van der Waals surface area contributed by atoms with Crippen molar-refractivity contribution in [3.8, 4) is 11.8 Å². The molecule has 1 aliphatic heterocycles. The first-order valence-corrected chi connectivity index (χ1v) is 10.1. The number of hydrogen-bond acceptors (Lipinski definition) is 7. The van der Waals surface area contributed by atoms with Gasteiger partial charge in [-0.3, -0.25) is 9.69 Å². The Morgan fingerprint density at radius 1 is 1.36 bits per heavy atom. The number of halogens is 1. The number of rotatable bonds is 7. The van der Waals surface area contributed by atoms with E-state index in [9.17, 15) is 14.0 Å². The van der Waals surface area contributed by atoms with Crippen molar-refractivity contribution in [1.82, 2.24) is 19.9 Å². The van der Waals surface area contributed by atoms with E-state index in [1.165, 1.54) is 28.8 Å². The fourth-order valence-electron chi connectivity index (χ4n) is 3.37. The molecule has 3 aromatic rings. The first kappa shape index (κ1) is 21.8. The Hall–Kier alpha value is -4.46. The fourth-order valence-corrected chi connectivity index (χ4v) is 3.37. The third-order valence-electron chi connectivity index (χ3n) is 4.98. The van der Waals surface area contributed by atoms with Crippen LogP contribution in [0.4, 0.5) is 20.7 Å². The Bertz CT molecular complexity index is 1240. The van der Waals surface area contributed by atoms with Gasteiger partial charge in [0.25, 0.3) is 0 Å². The zero-order valence-corrected chi connectivity index (χ0v) is 17.7. The number of aromatic nitrogens is 3. The number of nitrogens with zero attached hydrogens (tertiary/aromatic N) is 5. The molecule has 1 saturated heterocycles. The van der Waals surface area contributed by atoms with Crippen LogP contribution in [0.25, 0.3) is 5.69 Å². The summed E-state index contributed by atoms with van der Waals surface area (Å²) in [5, 5.41) is 14.8. The van der Waals surface area contributed by atoms with Gasteiger partial charge in [-0.1, -0.05) is 0 Å². The minimum atomic E-state index is -0.597. The Morgan fingerprint density at radius 3 is 2.97 bits per heavy atom. The molecule has 2 N–H and O–H groups in total. The van der Waals surface area contributed by atoms with E-state index < -0.39 is 18.0 Å². The van der Waals surface area contributed by atoms with Crippen molar-refractivity contribution in [1.29, 1.82) is 5.26 Å². The van der Waals surface area contributed by atoms with Crippen molar-refractivity contribution in [2.75, 3.05) is 23.3 Å². The number of hydrogen-bond donors (Lipinski definition) is 2. The summed E-state index contributed by atoms with van der Waals surface area (Å²) in [6.07, 6.45) is 3.62. The number of amides is 2. The third-order valence-corrected chi connectivity index (χ3v) is 4.98. The number of nitrogens with one attached hydrogen (secondary N) is 2. The van der Waals surface area contributed by atoms with Crippen LogP contribution >= 0.6 is 0 Å². The minimum absolute atomic E-state index is 0.193. The van der Waals surface area contributed by atoms with Crippen LogP contribution in [-0.2, 0) is 16.1 Å². The van der Waals surface area contributed by atoms with Crippen LogP contribution in [0.5, 0.6) is 0 Å². The molecule has 2 aromatic heterocycles. The number of cyclic esters (lactones) is 1. The molecular formula is C22H20FN7O3. The maximum absolute atomic E-state index is 14.9. The molecule has 0 saturated carbocycles. The molecule has 1 atom stereocenters. The fraction of sp³-hybridized carbons (Fsp3) is 0.227. The van der Waals surface area contributed by atoms with Crippen molar-refractivity contribution >= 4 is 23.5 Å². The second-order valence-electron chi connectivity index (χ2n) is 7.33. The van der Waals surface area contributed by atoms with Gasteiger partial charge in [-0.25, -0.2) is 19.2 Å². The molecule has 33 heavy (non-hydrogen) atoms. The highest BCUT2D eigenvalue weighted by atomic mass is 19.1. The largest absolute Gasteiger partial charge is 0.442 e. The Kier molecular flexibility index (Phi) is 6.17. The Labute approximate surface area is 188 Å². The highest BCUT2D eigenvalue weighted by Gasteiger charge is 2.32. The van der Waals surface area contributed by atoms with Crippen molar-refractivity contribution in [3.63, 3.8) is 0 Å². The lowest BCUT2D eigenvalue weighted by atomic mass is 10.2. The first-order chi connectivity index (χ1) is 15.9. The highest BCUT2D eigenvalue weighted by Crippen LogP contribution is 2.25. The molecule has 1 fully saturated rings. The Balaban J connectivity index is 1.44. The van der Waals surface area contributed by atoms with Crippen molar-refractivity contribution in [2.24, 2.45) is 0 Å². The van der Waals surface area contributed by atoms with E-state index in [-0.39, 0.29) is 24.7 Å². The number of nitriles is 1. The topological polar surface area (TPSA) is 125 Å². The lowest BCUT2D eigenvalue weighted by Gasteiger charge is -2.14. The molecule has 1 unspecified atom stereocenters. The second kappa shape index (κ2) is 9.35. The second-order valence-corrected chi connectivity index (χ2v) is 7.33. The summed E-state index contributed by atoms with van der Waals surface area (Å²) in [6.45, 7) is 2.07. The number of benzene rings is 1. The average molecular weight is 449 g/mol. The molecule has 4 rings (SSSR count). The van der Waals surface area contributed by atoms with Gasteiger partial charge in [-0.05, 0) is 30.3 Å². The predicted molar refractivity (Wildman–Crippen MR) is 116 cm³/mol. The molecule has 10 nitrogen and oxygen atoms in total. The lowest BCUT2D eigenvalue weighted by Crippen LogP contribution is -2.33. The van der Waals surface area contributed by atoms with Crippen LogP contribution in [0.15, 0.2) is 49.1 Å². The summed E-state index contributed by atoms with van der Waals surface area (Å²) in [5.41, 5.74) is 1.65. The van der Waals surface area contributed by atoms with E-state index in [0.29, 0.717) is 29.3 Å². The van der Waals surface area contributed by atoms with Gasteiger partial charge in [-0.15, -0.1) is 0 Å². The average Bonchev–Trinajstić information content (AvgIpc) is 3.42. The quantitative estimate of drug-likeness (QED) is 0.567. The molecule has 3 heterocycles. The number of anilines is 2. The van der Waals surface area contributed by atoms with Crippen LogP contribution in [0.1, 0.15) is 18.2 Å². The van der Waals surface area contributed by atoms with Gasteiger partial charge < -0.3 is 19.9 Å². The monoisotopic (exact) mass is 449 g/mol. The van der Waals surface area contributed by atoms with Crippen molar-refractivity contribution in [2.45, 2.75) is 19.6 Å². The van der Waals surface area contributed by atoms with E-state index in [0.717, 1.165) is 0 Å². The summed E-state index contributed by atoms with van der Waals surface area (Å²) < 4.78 is 21.6. The third kappa shape index (κ3) is 4.90. The molecule has 0 radical (unpaired) electrons. The van der Waals surface area contributed by atoms with E-state index >= 15 is 0 Å². The number of carbonyl (C=O) groups excluding carboxylic acids is 2. The van der Waals surface area contributed by atoms with Crippen LogP contribution in [-0.4, -0.2) is 45.7 Å². The van der Waals surface area contributed by atoms with Crippen molar-refractivity contribution in [3.05, 3.63) is 66.1 Å². The van der Waals surface area contributed by atoms with Crippen LogP contribution in [0, 0.1) is 17.1 Å². The standard InChI is InChI=1S/C22H20FN7O3/c1-14(31)26-10-18-12-30(22(32)33-18)17-4-5-20(19(23)7-17)29-11-16(28-13-29)9-27-21-15(8-24)3-2-6-25-21/h2-7,11,13,18H,9-10,12H2,1H3,(H,25,27)(H,26,31). The molecular weight excluding hydrogens is 429 g/mol. The van der Waals surface area contributed by atoms with Crippen molar-refractivity contribution < 1.29 is 18.7 Å². The van der Waals surface area contributed by atoms with E-state index in [4.69, 9.17) is 10.00 Å². The van der Waals surface area contributed by atoms with Gasteiger partial charge in [0.2, 0.25) is 5.91 Å². The molecule has 0 aliphatic carbocycles. The number of imidazole rings is 1. The summed E-state index contributed by atoms with van der Waals surface area (Å²) in [7, 11) is 0. The number of pyridine rings is 1. The molecule has 1 aromatic carbocycles. The Morgan fingerprint density at radius 2 is 2.21 bits per heavy atom. The van der Waals surface area contributed by atoms with Gasteiger partial charge in [0, 0.05) is 19.3 Å². The maximum Gasteiger partial charge on any atom is 0.414 e. The van der Waals surface area contributed by atoms with Crippen LogP contribution < -0.4 is 15.5 Å². The minimum Gasteiger partial charge on any atom is -0.442 e. The van der Waals surface area contributed by atoms with Gasteiger partial charge >= 0.3 is 6.09 Å². The van der Waals surface area contributed by atoms with Gasteiger partial charge in [0.1, 0.15) is 23.8 Å². The van der Waals surface area contributed by atoms with E-state index in [1.807, 2.05) is 0 Å². The zero-order chi connectivity index (χ0) is 23.4. The summed E-state index contributed by atoms with van der Waals surface area (Å²) in [6, 6.07) is 9.81. The normalized spacial score (nSPS) is 15.1. The summed E-state index contributed by atoms with van der Waals surface area (Å²) >= 11 is 0. The first-order valence-electron chi connectivity index (χ1n) is 10.1. The SMILES string of the molecule is CC(=O)NCC1CN(c2ccc(-n3cnc(CNc4ncccc4C#N)c3)c(F)c2)C(=O)O1. The molecule has 0 spiro atoms. The number of ether oxygens (including phenoxy) is 1. The zero-order valence-electron chi connectivity index (χ0n) is 17.7. The summed E-state index contributed by atoms with van der Waals surface area (Å²) in [4.78, 5) is 32.9. The van der Waals surface area contributed by atoms with Gasteiger partial charge in [0.05, 0.1) is 48.6 Å². The highest BCUT2D eigenvalue weighted by molar-refractivity contribution is 5.90. The smallest absolute Gasteiger partial charge is 0.414 e. The van der Waals surface area contributed by atoms with Crippen LogP contribution in [0.2, 0.25) is 0 Å². The predicted octanol–water partition coefficient (Wildman–Crippen LogP) is 2.35. The molecule has 0 bridgehead atoms. The van der Waals surface area contributed by atoms with Gasteiger partial charge in [-0.2, -0.15) is 5.26 Å². The molecule has 168 valence electrons. The maximum atomic E-state index is 14.9. The number of carbonyl (C=O) groups is 2. The van der Waals surface area contributed by atoms with Gasteiger partial charge in [0.15, 0.2) is 0 Å².